The lowest BCUT2D eigenvalue weighted by Crippen LogP contribution is -2.34. The van der Waals surface area contributed by atoms with Crippen molar-refractivity contribution in [2.45, 2.75) is 19.8 Å². The van der Waals surface area contributed by atoms with Crippen molar-refractivity contribution < 1.29 is 4.79 Å². The van der Waals surface area contributed by atoms with Gasteiger partial charge in [0.2, 0.25) is 5.91 Å². The fraction of sp³-hybridized carbons (Fsp3) is 0.600. The molecular weight excluding hydrogens is 178 g/mol. The van der Waals surface area contributed by atoms with Crippen LogP contribution in [-0.4, -0.2) is 25.5 Å². The van der Waals surface area contributed by atoms with Crippen LogP contribution in [0.25, 0.3) is 0 Å². The van der Waals surface area contributed by atoms with E-state index in [1.165, 1.54) is 0 Å². The number of hydrogen-bond donors (Lipinski definition) is 2. The van der Waals surface area contributed by atoms with Crippen molar-refractivity contribution in [3.63, 3.8) is 0 Å². The number of hydrogen-bond acceptors (Lipinski definition) is 3. The fourth-order valence-corrected chi connectivity index (χ4v) is 0.874. The first-order chi connectivity index (χ1) is 6.81. The molecule has 0 saturated carbocycles. The minimum absolute atomic E-state index is 0.0549. The SMILES string of the molecule is C/C=C/CCNCC(=O)NCCC#N. The summed E-state index contributed by atoms with van der Waals surface area (Å²) in [6, 6.07) is 1.96. The third-order valence-corrected chi connectivity index (χ3v) is 1.57. The van der Waals surface area contributed by atoms with Gasteiger partial charge in [0, 0.05) is 6.54 Å². The number of carbonyl (C=O) groups excluding carboxylic acids is 1. The molecule has 0 radical (unpaired) electrons. The molecule has 0 aliphatic carbocycles. The number of nitriles is 1. The maximum absolute atomic E-state index is 11.0. The van der Waals surface area contributed by atoms with Crippen LogP contribution in [0.1, 0.15) is 19.8 Å². The van der Waals surface area contributed by atoms with E-state index in [0.717, 1.165) is 13.0 Å². The molecule has 0 bridgehead atoms. The molecule has 0 fully saturated rings. The van der Waals surface area contributed by atoms with Crippen molar-refractivity contribution in [1.82, 2.24) is 10.6 Å². The van der Waals surface area contributed by atoms with Crippen molar-refractivity contribution in [2.24, 2.45) is 0 Å². The first-order valence-electron chi connectivity index (χ1n) is 4.76. The van der Waals surface area contributed by atoms with Crippen LogP contribution in [0.4, 0.5) is 0 Å². The van der Waals surface area contributed by atoms with Gasteiger partial charge in [-0.15, -0.1) is 0 Å². The van der Waals surface area contributed by atoms with Crippen molar-refractivity contribution in [3.05, 3.63) is 12.2 Å². The van der Waals surface area contributed by atoms with E-state index >= 15 is 0 Å². The summed E-state index contributed by atoms with van der Waals surface area (Å²) in [5.41, 5.74) is 0. The number of allylic oxidation sites excluding steroid dienone is 1. The molecule has 0 aromatic rings. The van der Waals surface area contributed by atoms with Crippen molar-refractivity contribution in [2.75, 3.05) is 19.6 Å². The van der Waals surface area contributed by atoms with Gasteiger partial charge >= 0.3 is 0 Å². The summed E-state index contributed by atoms with van der Waals surface area (Å²) in [5, 5.41) is 13.9. The van der Waals surface area contributed by atoms with Crippen LogP contribution in [0.3, 0.4) is 0 Å². The quantitative estimate of drug-likeness (QED) is 0.461. The summed E-state index contributed by atoms with van der Waals surface area (Å²) in [4.78, 5) is 11.0. The van der Waals surface area contributed by atoms with Gasteiger partial charge in [-0.05, 0) is 19.9 Å². The van der Waals surface area contributed by atoms with Crippen molar-refractivity contribution in [1.29, 1.82) is 5.26 Å². The molecular formula is C10H17N3O. The van der Waals surface area contributed by atoms with E-state index < -0.39 is 0 Å². The second-order valence-corrected chi connectivity index (χ2v) is 2.79. The summed E-state index contributed by atoms with van der Waals surface area (Å²) < 4.78 is 0. The highest BCUT2D eigenvalue weighted by atomic mass is 16.1. The Labute approximate surface area is 85.0 Å². The average molecular weight is 195 g/mol. The van der Waals surface area contributed by atoms with E-state index in [-0.39, 0.29) is 5.91 Å². The zero-order valence-electron chi connectivity index (χ0n) is 8.55. The number of nitrogens with one attached hydrogen (secondary N) is 2. The lowest BCUT2D eigenvalue weighted by molar-refractivity contribution is -0.120. The Bertz CT molecular complexity index is 218. The zero-order valence-corrected chi connectivity index (χ0v) is 8.55. The molecule has 0 aliphatic heterocycles. The van der Waals surface area contributed by atoms with Crippen LogP contribution < -0.4 is 10.6 Å². The molecule has 4 nitrogen and oxygen atoms in total. The van der Waals surface area contributed by atoms with Gasteiger partial charge in [-0.25, -0.2) is 0 Å². The van der Waals surface area contributed by atoms with Crippen LogP contribution in [0.2, 0.25) is 0 Å². The van der Waals surface area contributed by atoms with Crippen LogP contribution in [-0.2, 0) is 4.79 Å². The zero-order chi connectivity index (χ0) is 10.6. The molecule has 0 spiro atoms. The molecule has 0 aromatic heterocycles. The predicted molar refractivity (Wildman–Crippen MR) is 55.5 cm³/mol. The Morgan fingerprint density at radius 2 is 2.29 bits per heavy atom. The highest BCUT2D eigenvalue weighted by Gasteiger charge is 1.97. The van der Waals surface area contributed by atoms with Gasteiger partial charge in [-0.2, -0.15) is 5.26 Å². The van der Waals surface area contributed by atoms with Crippen molar-refractivity contribution in [3.8, 4) is 6.07 Å². The standard InChI is InChI=1S/C10H17N3O/c1-2-3-4-7-12-9-10(14)13-8-5-6-11/h2-3,12H,4-5,7-9H2,1H3,(H,13,14)/b3-2+. The van der Waals surface area contributed by atoms with Gasteiger partial charge in [0.25, 0.3) is 0 Å². The molecule has 78 valence electrons. The Balaban J connectivity index is 3.23. The summed E-state index contributed by atoms with van der Waals surface area (Å²) in [6.07, 6.45) is 5.32. The minimum Gasteiger partial charge on any atom is -0.354 e. The van der Waals surface area contributed by atoms with E-state index in [2.05, 4.69) is 10.6 Å². The van der Waals surface area contributed by atoms with Crippen LogP contribution in [0.15, 0.2) is 12.2 Å². The highest BCUT2D eigenvalue weighted by molar-refractivity contribution is 5.77. The van der Waals surface area contributed by atoms with Gasteiger partial charge in [-0.3, -0.25) is 4.79 Å². The van der Waals surface area contributed by atoms with Crippen LogP contribution >= 0.6 is 0 Å². The second kappa shape index (κ2) is 9.75. The van der Waals surface area contributed by atoms with Gasteiger partial charge in [0.15, 0.2) is 0 Å². The Morgan fingerprint density at radius 1 is 1.50 bits per heavy atom. The molecule has 1 amide bonds. The first-order valence-corrected chi connectivity index (χ1v) is 4.76. The Morgan fingerprint density at radius 3 is 2.93 bits per heavy atom. The molecule has 0 saturated heterocycles. The number of amides is 1. The number of rotatable bonds is 7. The second-order valence-electron chi connectivity index (χ2n) is 2.79. The Hall–Kier alpha value is -1.34. The molecule has 0 rings (SSSR count). The molecule has 4 heteroatoms. The highest BCUT2D eigenvalue weighted by Crippen LogP contribution is 1.78. The smallest absolute Gasteiger partial charge is 0.233 e. The molecule has 0 heterocycles. The predicted octanol–water partition coefficient (Wildman–Crippen LogP) is 0.572. The molecule has 0 aliphatic rings. The van der Waals surface area contributed by atoms with E-state index in [0.29, 0.717) is 19.5 Å². The van der Waals surface area contributed by atoms with Gasteiger partial charge < -0.3 is 10.6 Å². The number of nitrogens with zero attached hydrogens (tertiary/aromatic N) is 1. The summed E-state index contributed by atoms with van der Waals surface area (Å²) in [7, 11) is 0. The average Bonchev–Trinajstić information content (AvgIpc) is 2.18. The minimum atomic E-state index is -0.0549. The third-order valence-electron chi connectivity index (χ3n) is 1.57. The third kappa shape index (κ3) is 8.75. The van der Waals surface area contributed by atoms with Gasteiger partial charge in [0.05, 0.1) is 19.0 Å². The maximum Gasteiger partial charge on any atom is 0.233 e. The molecule has 14 heavy (non-hydrogen) atoms. The van der Waals surface area contributed by atoms with Gasteiger partial charge in [0.1, 0.15) is 0 Å². The normalized spacial score (nSPS) is 10.0. The fourth-order valence-electron chi connectivity index (χ4n) is 0.874. The maximum atomic E-state index is 11.0. The lowest BCUT2D eigenvalue weighted by Gasteiger charge is -2.03. The first kappa shape index (κ1) is 12.7. The largest absolute Gasteiger partial charge is 0.354 e. The molecule has 2 N–H and O–H groups in total. The molecule has 0 aromatic carbocycles. The Kier molecular flexibility index (Phi) is 8.81. The van der Waals surface area contributed by atoms with Crippen LogP contribution in [0.5, 0.6) is 0 Å². The lowest BCUT2D eigenvalue weighted by atomic mass is 10.4. The summed E-state index contributed by atoms with van der Waals surface area (Å²) in [6.45, 7) is 3.53. The monoisotopic (exact) mass is 195 g/mol. The van der Waals surface area contributed by atoms with E-state index in [1.54, 1.807) is 0 Å². The summed E-state index contributed by atoms with van der Waals surface area (Å²) >= 11 is 0. The molecule has 0 atom stereocenters. The summed E-state index contributed by atoms with van der Waals surface area (Å²) in [5.74, 6) is -0.0549. The van der Waals surface area contributed by atoms with Gasteiger partial charge in [-0.1, -0.05) is 12.2 Å². The topological polar surface area (TPSA) is 64.9 Å². The van der Waals surface area contributed by atoms with E-state index in [9.17, 15) is 4.79 Å². The van der Waals surface area contributed by atoms with Crippen LogP contribution in [0, 0.1) is 11.3 Å². The van der Waals surface area contributed by atoms with E-state index in [4.69, 9.17) is 5.26 Å². The number of carbonyl (C=O) groups is 1. The molecule has 0 unspecified atom stereocenters. The van der Waals surface area contributed by atoms with Crippen molar-refractivity contribution >= 4 is 5.91 Å². The van der Waals surface area contributed by atoms with E-state index in [1.807, 2.05) is 25.1 Å².